The summed E-state index contributed by atoms with van der Waals surface area (Å²) in [4.78, 5) is 14.1. The number of amides is 1. The van der Waals surface area contributed by atoms with Crippen LogP contribution in [0.25, 0.3) is 0 Å². The molecular formula is C15H18FN3O. The van der Waals surface area contributed by atoms with Crippen LogP contribution in [-0.2, 0) is 4.79 Å². The highest BCUT2D eigenvalue weighted by Crippen LogP contribution is 2.16. The molecule has 1 atom stereocenters. The van der Waals surface area contributed by atoms with Gasteiger partial charge in [-0.15, -0.1) is 0 Å². The van der Waals surface area contributed by atoms with Gasteiger partial charge in [0.1, 0.15) is 17.9 Å². The molecule has 106 valence electrons. The van der Waals surface area contributed by atoms with Gasteiger partial charge in [0.2, 0.25) is 5.91 Å². The van der Waals surface area contributed by atoms with Crippen molar-refractivity contribution in [2.45, 2.75) is 32.2 Å². The van der Waals surface area contributed by atoms with Crippen molar-refractivity contribution in [1.29, 1.82) is 5.26 Å². The summed E-state index contributed by atoms with van der Waals surface area (Å²) in [7, 11) is 0. The zero-order valence-electron chi connectivity index (χ0n) is 11.5. The topological polar surface area (TPSA) is 56.1 Å². The van der Waals surface area contributed by atoms with Gasteiger partial charge in [-0.25, -0.2) is 4.39 Å². The summed E-state index contributed by atoms with van der Waals surface area (Å²) in [6.45, 7) is 3.39. The molecule has 1 N–H and O–H groups in total. The normalized spacial score (nSPS) is 16.4. The molecule has 1 aliphatic heterocycles. The van der Waals surface area contributed by atoms with E-state index < -0.39 is 5.82 Å². The zero-order valence-corrected chi connectivity index (χ0v) is 11.5. The lowest BCUT2D eigenvalue weighted by molar-refractivity contribution is -0.132. The van der Waals surface area contributed by atoms with E-state index >= 15 is 0 Å². The Morgan fingerprint density at radius 3 is 2.75 bits per heavy atom. The number of anilines is 1. The molecule has 0 bridgehead atoms. The summed E-state index contributed by atoms with van der Waals surface area (Å²) in [6.07, 6.45) is 3.27. The average molecular weight is 275 g/mol. The van der Waals surface area contributed by atoms with Crippen molar-refractivity contribution in [3.8, 4) is 6.07 Å². The second-order valence-corrected chi connectivity index (χ2v) is 5.06. The van der Waals surface area contributed by atoms with E-state index in [1.807, 2.05) is 4.90 Å². The van der Waals surface area contributed by atoms with Crippen molar-refractivity contribution in [2.24, 2.45) is 0 Å². The van der Waals surface area contributed by atoms with Gasteiger partial charge in [-0.05, 0) is 44.4 Å². The van der Waals surface area contributed by atoms with E-state index in [0.717, 1.165) is 25.9 Å². The van der Waals surface area contributed by atoms with Gasteiger partial charge in [-0.1, -0.05) is 0 Å². The minimum absolute atomic E-state index is 0.0207. The standard InChI is InChI=1S/C15H18FN3O/c1-11(15(20)19-7-3-2-4-8-19)18-13-5-6-14(16)12(9-13)10-17/h5-6,9,11,18H,2-4,7-8H2,1H3. The molecule has 1 heterocycles. The number of carbonyl (C=O) groups excluding carboxylic acids is 1. The van der Waals surface area contributed by atoms with Crippen molar-refractivity contribution in [3.05, 3.63) is 29.6 Å². The Bertz CT molecular complexity index is 532. The summed E-state index contributed by atoms with van der Waals surface area (Å²) < 4.78 is 13.2. The van der Waals surface area contributed by atoms with Gasteiger partial charge in [0, 0.05) is 18.8 Å². The Hall–Kier alpha value is -2.09. The lowest BCUT2D eigenvalue weighted by Gasteiger charge is -2.29. The molecule has 20 heavy (non-hydrogen) atoms. The van der Waals surface area contributed by atoms with E-state index in [1.165, 1.54) is 24.6 Å². The molecule has 4 nitrogen and oxygen atoms in total. The highest BCUT2D eigenvalue weighted by atomic mass is 19.1. The number of halogens is 1. The maximum Gasteiger partial charge on any atom is 0.244 e. The predicted octanol–water partition coefficient (Wildman–Crippen LogP) is 2.51. The number of rotatable bonds is 3. The lowest BCUT2D eigenvalue weighted by atomic mass is 10.1. The smallest absolute Gasteiger partial charge is 0.244 e. The number of carbonyl (C=O) groups is 1. The quantitative estimate of drug-likeness (QED) is 0.922. The van der Waals surface area contributed by atoms with Crippen molar-refractivity contribution >= 4 is 11.6 Å². The fourth-order valence-electron chi connectivity index (χ4n) is 2.40. The largest absolute Gasteiger partial charge is 0.374 e. The number of hydrogen-bond acceptors (Lipinski definition) is 3. The van der Waals surface area contributed by atoms with E-state index in [0.29, 0.717) is 5.69 Å². The molecule has 1 amide bonds. The van der Waals surface area contributed by atoms with E-state index in [4.69, 9.17) is 5.26 Å². The molecule has 0 aliphatic carbocycles. The van der Waals surface area contributed by atoms with E-state index in [-0.39, 0.29) is 17.5 Å². The summed E-state index contributed by atoms with van der Waals surface area (Å²) >= 11 is 0. The Balaban J connectivity index is 2.02. The Kier molecular flexibility index (Phi) is 4.57. The van der Waals surface area contributed by atoms with E-state index in [9.17, 15) is 9.18 Å². The van der Waals surface area contributed by atoms with Crippen LogP contribution in [0.4, 0.5) is 10.1 Å². The number of benzene rings is 1. The second-order valence-electron chi connectivity index (χ2n) is 5.06. The second kappa shape index (κ2) is 6.38. The number of piperidine rings is 1. The van der Waals surface area contributed by atoms with Gasteiger partial charge in [0.15, 0.2) is 0 Å². The average Bonchev–Trinajstić information content (AvgIpc) is 2.49. The van der Waals surface area contributed by atoms with Gasteiger partial charge in [-0.2, -0.15) is 5.26 Å². The summed E-state index contributed by atoms with van der Waals surface area (Å²) in [5.41, 5.74) is 0.563. The first-order valence-corrected chi connectivity index (χ1v) is 6.87. The third-order valence-corrected chi connectivity index (χ3v) is 3.51. The van der Waals surface area contributed by atoms with Crippen molar-refractivity contribution in [3.63, 3.8) is 0 Å². The van der Waals surface area contributed by atoms with Crippen LogP contribution < -0.4 is 5.32 Å². The van der Waals surface area contributed by atoms with Crippen LogP contribution in [-0.4, -0.2) is 29.9 Å². The van der Waals surface area contributed by atoms with Gasteiger partial charge in [0.05, 0.1) is 5.56 Å². The SMILES string of the molecule is CC(Nc1ccc(F)c(C#N)c1)C(=O)N1CCCCC1. The number of nitrogens with one attached hydrogen (secondary N) is 1. The molecule has 1 fully saturated rings. The maximum absolute atomic E-state index is 13.2. The third-order valence-electron chi connectivity index (χ3n) is 3.51. The van der Waals surface area contributed by atoms with Crippen molar-refractivity contribution in [2.75, 3.05) is 18.4 Å². The zero-order chi connectivity index (χ0) is 14.5. The number of hydrogen-bond donors (Lipinski definition) is 1. The Morgan fingerprint density at radius 1 is 1.40 bits per heavy atom. The van der Waals surface area contributed by atoms with Gasteiger partial charge >= 0.3 is 0 Å². The first-order chi connectivity index (χ1) is 9.61. The predicted molar refractivity (Wildman–Crippen MR) is 74.6 cm³/mol. The molecule has 1 unspecified atom stereocenters. The highest BCUT2D eigenvalue weighted by molar-refractivity contribution is 5.84. The van der Waals surface area contributed by atoms with Gasteiger partial charge in [-0.3, -0.25) is 4.79 Å². The van der Waals surface area contributed by atoms with Crippen LogP contribution in [0.3, 0.4) is 0 Å². The molecule has 1 saturated heterocycles. The molecule has 0 radical (unpaired) electrons. The molecule has 5 heteroatoms. The molecule has 2 rings (SSSR count). The third kappa shape index (κ3) is 3.27. The molecule has 0 spiro atoms. The Morgan fingerprint density at radius 2 is 2.10 bits per heavy atom. The van der Waals surface area contributed by atoms with Gasteiger partial charge < -0.3 is 10.2 Å². The van der Waals surface area contributed by atoms with Crippen molar-refractivity contribution in [1.82, 2.24) is 4.90 Å². The van der Waals surface area contributed by atoms with Crippen LogP contribution in [0, 0.1) is 17.1 Å². The van der Waals surface area contributed by atoms with Gasteiger partial charge in [0.25, 0.3) is 0 Å². The number of nitriles is 1. The molecular weight excluding hydrogens is 257 g/mol. The fraction of sp³-hybridized carbons (Fsp3) is 0.467. The number of likely N-dealkylation sites (tertiary alicyclic amines) is 1. The maximum atomic E-state index is 13.2. The van der Waals surface area contributed by atoms with Crippen LogP contribution >= 0.6 is 0 Å². The summed E-state index contributed by atoms with van der Waals surface area (Å²) in [6, 6.07) is 5.61. The van der Waals surface area contributed by atoms with Crippen molar-refractivity contribution < 1.29 is 9.18 Å². The van der Waals surface area contributed by atoms with Crippen LogP contribution in [0.1, 0.15) is 31.7 Å². The van der Waals surface area contributed by atoms with E-state index in [1.54, 1.807) is 13.0 Å². The minimum atomic E-state index is -0.548. The first kappa shape index (κ1) is 14.3. The van der Waals surface area contributed by atoms with Crippen LogP contribution in [0.15, 0.2) is 18.2 Å². The molecule has 1 aliphatic rings. The monoisotopic (exact) mass is 275 g/mol. The molecule has 1 aromatic rings. The number of nitrogens with zero attached hydrogens (tertiary/aromatic N) is 2. The highest BCUT2D eigenvalue weighted by Gasteiger charge is 2.22. The molecule has 0 saturated carbocycles. The Labute approximate surface area is 118 Å². The summed E-state index contributed by atoms with van der Waals surface area (Å²) in [5.74, 6) is -0.499. The fourth-order valence-corrected chi connectivity index (χ4v) is 2.40. The molecule has 0 aromatic heterocycles. The van der Waals surface area contributed by atoms with E-state index in [2.05, 4.69) is 5.32 Å². The van der Waals surface area contributed by atoms with Crippen LogP contribution in [0.2, 0.25) is 0 Å². The summed E-state index contributed by atoms with van der Waals surface area (Å²) in [5, 5.41) is 11.8. The minimum Gasteiger partial charge on any atom is -0.374 e. The molecule has 1 aromatic carbocycles. The first-order valence-electron chi connectivity index (χ1n) is 6.87. The van der Waals surface area contributed by atoms with Crippen LogP contribution in [0.5, 0.6) is 0 Å². The lowest BCUT2D eigenvalue weighted by Crippen LogP contribution is -2.43.